The Morgan fingerprint density at radius 2 is 1.61 bits per heavy atom. The van der Waals surface area contributed by atoms with E-state index in [2.05, 4.69) is 74.0 Å². The molecule has 2 rings (SSSR count). The van der Waals surface area contributed by atoms with Crippen LogP contribution in [0.25, 0.3) is 5.69 Å². The third-order valence-electron chi connectivity index (χ3n) is 3.01. The lowest BCUT2D eigenvalue weighted by molar-refractivity contribution is 0.711. The summed E-state index contributed by atoms with van der Waals surface area (Å²) in [5.74, 6) is 0.825. The Bertz CT molecular complexity index is 519. The molecule has 0 radical (unpaired) electrons. The van der Waals surface area contributed by atoms with Crippen molar-refractivity contribution in [2.24, 2.45) is 0 Å². The summed E-state index contributed by atoms with van der Waals surface area (Å²) in [6, 6.07) is 6.35. The molecule has 1 heterocycles. The summed E-state index contributed by atoms with van der Waals surface area (Å²) < 4.78 is 1.72. The van der Waals surface area contributed by atoms with Gasteiger partial charge >= 0.3 is 0 Å². The van der Waals surface area contributed by atoms with E-state index in [9.17, 15) is 0 Å². The molecule has 0 bridgehead atoms. The smallest absolute Gasteiger partial charge is 0.187 e. The van der Waals surface area contributed by atoms with Gasteiger partial charge in [-0.3, -0.25) is 0 Å². The number of hydrogen-bond donors (Lipinski definition) is 1. The summed E-state index contributed by atoms with van der Waals surface area (Å²) in [6.07, 6.45) is 0. The number of hydrogen-bond acceptors (Lipinski definition) is 4. The van der Waals surface area contributed by atoms with Gasteiger partial charge in [-0.25, -0.2) is 0 Å². The number of nitrogens with zero attached hydrogens (tertiary/aromatic N) is 4. The summed E-state index contributed by atoms with van der Waals surface area (Å²) in [6.45, 7) is 8.69. The second-order valence-electron chi connectivity index (χ2n) is 4.99. The third-order valence-corrected chi connectivity index (χ3v) is 3.29. The lowest BCUT2D eigenvalue weighted by Gasteiger charge is -2.19. The molecule has 96 valence electrons. The van der Waals surface area contributed by atoms with Crippen LogP contribution in [0.4, 0.5) is 0 Å². The van der Waals surface area contributed by atoms with E-state index in [0.29, 0.717) is 17.0 Å². The molecule has 0 aliphatic carbocycles. The minimum Gasteiger partial charge on any atom is -0.187 e. The standard InChI is InChI=1S/C13H18N4S/c1-8(2)10-6-5-7-11(9(3)4)12(10)17-13(18)14-15-16-17/h5-9H,1-4H3,(H,14,16,18). The number of aromatic nitrogens is 4. The van der Waals surface area contributed by atoms with Crippen molar-refractivity contribution in [2.75, 3.05) is 0 Å². The van der Waals surface area contributed by atoms with Crippen LogP contribution in [0.2, 0.25) is 0 Å². The molecule has 0 fully saturated rings. The Morgan fingerprint density at radius 3 is 2.00 bits per heavy atom. The fourth-order valence-electron chi connectivity index (χ4n) is 2.08. The van der Waals surface area contributed by atoms with Crippen LogP contribution < -0.4 is 0 Å². The van der Waals surface area contributed by atoms with Crippen molar-refractivity contribution in [2.45, 2.75) is 44.7 Å². The largest absolute Gasteiger partial charge is 0.211 e. The fourth-order valence-corrected chi connectivity index (χ4v) is 2.26. The third kappa shape index (κ3) is 2.27. The van der Waals surface area contributed by atoms with Gasteiger partial charge in [0, 0.05) is 0 Å². The first-order chi connectivity index (χ1) is 8.52. The normalized spacial score (nSPS) is 11.5. The molecule has 5 heteroatoms. The van der Waals surface area contributed by atoms with Gasteiger partial charge in [0.15, 0.2) is 0 Å². The van der Waals surface area contributed by atoms with E-state index in [1.54, 1.807) is 4.68 Å². The zero-order valence-corrected chi connectivity index (χ0v) is 12.0. The summed E-state index contributed by atoms with van der Waals surface area (Å²) >= 11 is 4.32. The van der Waals surface area contributed by atoms with Gasteiger partial charge in [-0.1, -0.05) is 45.9 Å². The van der Waals surface area contributed by atoms with Crippen LogP contribution in [0, 0.1) is 0 Å². The maximum absolute atomic E-state index is 4.32. The van der Waals surface area contributed by atoms with E-state index in [1.807, 2.05) is 0 Å². The van der Waals surface area contributed by atoms with Crippen molar-refractivity contribution in [3.63, 3.8) is 0 Å². The minimum absolute atomic E-state index is 0.413. The summed E-state index contributed by atoms with van der Waals surface area (Å²) in [7, 11) is 0. The zero-order chi connectivity index (χ0) is 13.3. The molecule has 0 saturated carbocycles. The molecule has 0 saturated heterocycles. The van der Waals surface area contributed by atoms with Crippen molar-refractivity contribution in [1.29, 1.82) is 0 Å². The summed E-state index contributed by atoms with van der Waals surface area (Å²) in [4.78, 5) is 0. The number of rotatable bonds is 3. The van der Waals surface area contributed by atoms with Crippen molar-refractivity contribution in [1.82, 2.24) is 20.2 Å². The SMILES string of the molecule is CC(C)c1cccc(C(C)C)c1-n1nnnc1S. The number of tetrazole rings is 1. The van der Waals surface area contributed by atoms with E-state index >= 15 is 0 Å². The van der Waals surface area contributed by atoms with Crippen LogP contribution in [0.5, 0.6) is 0 Å². The molecular formula is C13H18N4S. The second kappa shape index (κ2) is 5.10. The van der Waals surface area contributed by atoms with E-state index in [1.165, 1.54) is 11.1 Å². The highest BCUT2D eigenvalue weighted by atomic mass is 32.1. The first-order valence-corrected chi connectivity index (χ1v) is 6.57. The first-order valence-electron chi connectivity index (χ1n) is 6.13. The average Bonchev–Trinajstić information content (AvgIpc) is 2.74. The van der Waals surface area contributed by atoms with Crippen LogP contribution in [-0.2, 0) is 0 Å². The lowest BCUT2D eigenvalue weighted by atomic mass is 9.93. The summed E-state index contributed by atoms with van der Waals surface area (Å²) in [5.41, 5.74) is 3.55. The maximum Gasteiger partial charge on any atom is 0.211 e. The lowest BCUT2D eigenvalue weighted by Crippen LogP contribution is -2.08. The predicted octanol–water partition coefficient (Wildman–Crippen LogP) is 3.20. The van der Waals surface area contributed by atoms with Crippen molar-refractivity contribution in [3.8, 4) is 5.69 Å². The van der Waals surface area contributed by atoms with Crippen LogP contribution in [0.15, 0.2) is 23.4 Å². The van der Waals surface area contributed by atoms with E-state index < -0.39 is 0 Å². The first kappa shape index (κ1) is 13.1. The fraction of sp³-hybridized carbons (Fsp3) is 0.462. The van der Waals surface area contributed by atoms with Gasteiger partial charge in [0.1, 0.15) is 0 Å². The van der Waals surface area contributed by atoms with Crippen molar-refractivity contribution in [3.05, 3.63) is 29.3 Å². The van der Waals surface area contributed by atoms with Crippen LogP contribution in [0.1, 0.15) is 50.7 Å². The van der Waals surface area contributed by atoms with E-state index in [4.69, 9.17) is 0 Å². The summed E-state index contributed by atoms with van der Waals surface area (Å²) in [5, 5.41) is 12.1. The molecule has 18 heavy (non-hydrogen) atoms. The molecule has 0 unspecified atom stereocenters. The van der Waals surface area contributed by atoms with Crippen molar-refractivity contribution < 1.29 is 0 Å². The van der Waals surface area contributed by atoms with Gasteiger partial charge in [0.25, 0.3) is 0 Å². The Kier molecular flexibility index (Phi) is 3.71. The Balaban J connectivity index is 2.72. The monoisotopic (exact) mass is 262 g/mol. The molecule has 1 aromatic carbocycles. The van der Waals surface area contributed by atoms with Gasteiger partial charge in [-0.15, -0.1) is 17.7 Å². The topological polar surface area (TPSA) is 43.6 Å². The van der Waals surface area contributed by atoms with E-state index in [-0.39, 0.29) is 0 Å². The maximum atomic E-state index is 4.32. The average molecular weight is 262 g/mol. The van der Waals surface area contributed by atoms with Gasteiger partial charge in [0.2, 0.25) is 5.16 Å². The van der Waals surface area contributed by atoms with E-state index in [0.717, 1.165) is 5.69 Å². The molecule has 0 aliphatic rings. The minimum atomic E-state index is 0.413. The molecule has 4 nitrogen and oxygen atoms in total. The Morgan fingerprint density at radius 1 is 1.06 bits per heavy atom. The zero-order valence-electron chi connectivity index (χ0n) is 11.1. The molecule has 0 atom stereocenters. The molecule has 0 N–H and O–H groups in total. The number of benzene rings is 1. The molecule has 0 amide bonds. The Hall–Kier alpha value is -1.36. The highest BCUT2D eigenvalue weighted by Crippen LogP contribution is 2.31. The van der Waals surface area contributed by atoms with Crippen molar-refractivity contribution >= 4 is 12.6 Å². The predicted molar refractivity (Wildman–Crippen MR) is 74.6 cm³/mol. The van der Waals surface area contributed by atoms with Gasteiger partial charge < -0.3 is 0 Å². The number of para-hydroxylation sites is 1. The highest BCUT2D eigenvalue weighted by Gasteiger charge is 2.18. The van der Waals surface area contributed by atoms with Crippen LogP contribution in [0.3, 0.4) is 0 Å². The van der Waals surface area contributed by atoms with Crippen LogP contribution >= 0.6 is 12.6 Å². The van der Waals surface area contributed by atoms with Crippen LogP contribution in [-0.4, -0.2) is 20.2 Å². The molecule has 0 aliphatic heterocycles. The Labute approximate surface area is 113 Å². The molecule has 0 spiro atoms. The molecule has 2 aromatic rings. The molecular weight excluding hydrogens is 244 g/mol. The van der Waals surface area contributed by atoms with Gasteiger partial charge in [-0.05, 0) is 33.4 Å². The second-order valence-corrected chi connectivity index (χ2v) is 5.39. The van der Waals surface area contributed by atoms with Gasteiger partial charge in [-0.2, -0.15) is 4.68 Å². The molecule has 1 aromatic heterocycles. The quantitative estimate of drug-likeness (QED) is 0.864. The van der Waals surface area contributed by atoms with Gasteiger partial charge in [0.05, 0.1) is 5.69 Å². The number of thiol groups is 1. The highest BCUT2D eigenvalue weighted by molar-refractivity contribution is 7.80.